The fraction of sp³-hybridized carbons (Fsp3) is 0.619. The molecule has 1 aliphatic heterocycles. The molecule has 0 aromatic heterocycles. The van der Waals surface area contributed by atoms with Crippen molar-refractivity contribution in [1.82, 2.24) is 10.2 Å². The largest absolute Gasteiger partial charge is 0.353 e. The number of nitrogens with one attached hydrogen (secondary N) is 1. The van der Waals surface area contributed by atoms with Crippen LogP contribution < -0.4 is 5.32 Å². The molecule has 1 heterocycles. The van der Waals surface area contributed by atoms with Gasteiger partial charge in [0.1, 0.15) is 5.82 Å². The maximum Gasteiger partial charge on any atom is 0.225 e. The summed E-state index contributed by atoms with van der Waals surface area (Å²) in [6, 6.07) is 6.63. The average Bonchev–Trinajstić information content (AvgIpc) is 2.98. The number of halogens is 1. The van der Waals surface area contributed by atoms with E-state index in [1.165, 1.54) is 44.2 Å². The van der Waals surface area contributed by atoms with E-state index in [4.69, 9.17) is 0 Å². The van der Waals surface area contributed by atoms with Crippen LogP contribution >= 0.6 is 0 Å². The van der Waals surface area contributed by atoms with E-state index in [1.807, 2.05) is 0 Å². The zero-order chi connectivity index (χ0) is 18.4. The lowest BCUT2D eigenvalue weighted by atomic mass is 9.96. The van der Waals surface area contributed by atoms with Gasteiger partial charge < -0.3 is 10.2 Å². The summed E-state index contributed by atoms with van der Waals surface area (Å²) in [5, 5.41) is 3.19. The third-order valence-electron chi connectivity index (χ3n) is 5.62. The number of likely N-dealkylation sites (tertiary alicyclic amines) is 1. The predicted octanol–water partition coefficient (Wildman–Crippen LogP) is 3.45. The minimum Gasteiger partial charge on any atom is -0.353 e. The van der Waals surface area contributed by atoms with Gasteiger partial charge in [-0.2, -0.15) is 0 Å². The van der Waals surface area contributed by atoms with Gasteiger partial charge in [-0.1, -0.05) is 44.2 Å². The van der Waals surface area contributed by atoms with Gasteiger partial charge >= 0.3 is 0 Å². The second kappa shape index (κ2) is 9.15. The number of nitrogens with zero attached hydrogens (tertiary/aromatic N) is 1. The van der Waals surface area contributed by atoms with Crippen molar-refractivity contribution in [2.75, 3.05) is 13.1 Å². The predicted molar refractivity (Wildman–Crippen MR) is 99.0 cm³/mol. The number of carbonyl (C=O) groups is 2. The summed E-state index contributed by atoms with van der Waals surface area (Å²) in [4.78, 5) is 26.6. The number of benzene rings is 1. The number of hydrogen-bond donors (Lipinski definition) is 1. The van der Waals surface area contributed by atoms with E-state index in [1.54, 1.807) is 17.0 Å². The lowest BCUT2D eigenvalue weighted by Gasteiger charge is -2.23. The van der Waals surface area contributed by atoms with Crippen LogP contribution in [0.1, 0.15) is 56.9 Å². The van der Waals surface area contributed by atoms with E-state index in [-0.39, 0.29) is 29.6 Å². The molecule has 0 spiro atoms. The Morgan fingerprint density at radius 1 is 1.08 bits per heavy atom. The highest BCUT2D eigenvalue weighted by Crippen LogP contribution is 2.21. The lowest BCUT2D eigenvalue weighted by Crippen LogP contribution is -2.40. The molecule has 1 saturated heterocycles. The van der Waals surface area contributed by atoms with Gasteiger partial charge in [0.15, 0.2) is 0 Å². The summed E-state index contributed by atoms with van der Waals surface area (Å²) < 4.78 is 13.0. The standard InChI is InChI=1S/C21H29FN2O2/c22-18-10-8-16(9-11-18)12-13-24-15-17(14-20(24)25)21(26)23-19-6-4-2-1-3-5-7-19/h8-11,17,19H,1-7,12-15H2,(H,23,26)/t17-/m0/s1. The second-order valence-corrected chi connectivity index (χ2v) is 7.67. The summed E-state index contributed by atoms with van der Waals surface area (Å²) in [5.74, 6) is -0.406. The first-order valence-electron chi connectivity index (χ1n) is 9.94. The van der Waals surface area contributed by atoms with Crippen molar-refractivity contribution in [2.45, 2.75) is 63.8 Å². The highest BCUT2D eigenvalue weighted by Gasteiger charge is 2.34. The van der Waals surface area contributed by atoms with Crippen molar-refractivity contribution in [1.29, 1.82) is 0 Å². The van der Waals surface area contributed by atoms with E-state index in [9.17, 15) is 14.0 Å². The fourth-order valence-electron chi connectivity index (χ4n) is 4.00. The van der Waals surface area contributed by atoms with E-state index in [0.29, 0.717) is 25.9 Å². The summed E-state index contributed by atoms with van der Waals surface area (Å²) in [5.41, 5.74) is 1.00. The Hall–Kier alpha value is -1.91. The molecule has 4 nitrogen and oxygen atoms in total. The van der Waals surface area contributed by atoms with Crippen LogP contribution in [0.4, 0.5) is 4.39 Å². The molecule has 3 rings (SSSR count). The maximum absolute atomic E-state index is 13.0. The first kappa shape index (κ1) is 18.9. The highest BCUT2D eigenvalue weighted by molar-refractivity contribution is 5.89. The molecule has 2 amide bonds. The van der Waals surface area contributed by atoms with Crippen LogP contribution in [-0.2, 0) is 16.0 Å². The molecule has 26 heavy (non-hydrogen) atoms. The summed E-state index contributed by atoms with van der Waals surface area (Å²) in [6.45, 7) is 1.08. The van der Waals surface area contributed by atoms with Crippen LogP contribution in [0.3, 0.4) is 0 Å². The third-order valence-corrected chi connectivity index (χ3v) is 5.62. The quantitative estimate of drug-likeness (QED) is 0.874. The third kappa shape index (κ3) is 5.29. The Morgan fingerprint density at radius 3 is 2.42 bits per heavy atom. The molecule has 1 N–H and O–H groups in total. The van der Waals surface area contributed by atoms with Crippen molar-refractivity contribution in [3.05, 3.63) is 35.6 Å². The van der Waals surface area contributed by atoms with Gasteiger partial charge in [-0.15, -0.1) is 0 Å². The summed E-state index contributed by atoms with van der Waals surface area (Å²) >= 11 is 0. The molecule has 0 unspecified atom stereocenters. The molecule has 0 bridgehead atoms. The Kier molecular flexibility index (Phi) is 6.64. The van der Waals surface area contributed by atoms with Crippen LogP contribution in [0.15, 0.2) is 24.3 Å². The molecule has 1 aromatic rings. The number of amides is 2. The molecule has 0 radical (unpaired) electrons. The van der Waals surface area contributed by atoms with Gasteiger partial charge in [-0.05, 0) is 37.0 Å². The van der Waals surface area contributed by atoms with Crippen LogP contribution in [-0.4, -0.2) is 35.8 Å². The second-order valence-electron chi connectivity index (χ2n) is 7.67. The molecule has 1 saturated carbocycles. The minimum absolute atomic E-state index is 0.0354. The van der Waals surface area contributed by atoms with Crippen molar-refractivity contribution in [3.8, 4) is 0 Å². The van der Waals surface area contributed by atoms with Crippen LogP contribution in [0.2, 0.25) is 0 Å². The van der Waals surface area contributed by atoms with Crippen molar-refractivity contribution < 1.29 is 14.0 Å². The van der Waals surface area contributed by atoms with Gasteiger partial charge in [0.25, 0.3) is 0 Å². The Labute approximate surface area is 155 Å². The van der Waals surface area contributed by atoms with Crippen LogP contribution in [0.25, 0.3) is 0 Å². The smallest absolute Gasteiger partial charge is 0.225 e. The first-order chi connectivity index (χ1) is 12.6. The van der Waals surface area contributed by atoms with E-state index in [2.05, 4.69) is 5.32 Å². The Bertz CT molecular complexity index is 609. The van der Waals surface area contributed by atoms with Gasteiger partial charge in [0, 0.05) is 25.6 Å². The van der Waals surface area contributed by atoms with Gasteiger partial charge in [-0.3, -0.25) is 9.59 Å². The zero-order valence-corrected chi connectivity index (χ0v) is 15.4. The van der Waals surface area contributed by atoms with Crippen LogP contribution in [0.5, 0.6) is 0 Å². The van der Waals surface area contributed by atoms with Crippen molar-refractivity contribution in [3.63, 3.8) is 0 Å². The average molecular weight is 360 g/mol. The Morgan fingerprint density at radius 2 is 1.73 bits per heavy atom. The Balaban J connectivity index is 1.46. The fourth-order valence-corrected chi connectivity index (χ4v) is 4.00. The molecule has 142 valence electrons. The number of hydrogen-bond acceptors (Lipinski definition) is 2. The first-order valence-corrected chi connectivity index (χ1v) is 9.94. The van der Waals surface area contributed by atoms with E-state index >= 15 is 0 Å². The lowest BCUT2D eigenvalue weighted by molar-refractivity contribution is -0.129. The normalized spacial score (nSPS) is 22.1. The number of rotatable bonds is 5. The van der Waals surface area contributed by atoms with Gasteiger partial charge in [0.05, 0.1) is 5.92 Å². The molecular weight excluding hydrogens is 331 g/mol. The van der Waals surface area contributed by atoms with E-state index in [0.717, 1.165) is 18.4 Å². The van der Waals surface area contributed by atoms with Gasteiger partial charge in [-0.25, -0.2) is 4.39 Å². The molecule has 1 atom stereocenters. The maximum atomic E-state index is 13.0. The van der Waals surface area contributed by atoms with Crippen LogP contribution in [0, 0.1) is 11.7 Å². The minimum atomic E-state index is -0.253. The monoisotopic (exact) mass is 360 g/mol. The topological polar surface area (TPSA) is 49.4 Å². The molecule has 5 heteroatoms. The molecule has 1 aromatic carbocycles. The van der Waals surface area contributed by atoms with Crippen molar-refractivity contribution >= 4 is 11.8 Å². The SMILES string of the molecule is O=C(NC1CCCCCCC1)[C@H]1CC(=O)N(CCc2ccc(F)cc2)C1. The van der Waals surface area contributed by atoms with Crippen molar-refractivity contribution in [2.24, 2.45) is 5.92 Å². The molecule has 2 fully saturated rings. The van der Waals surface area contributed by atoms with E-state index < -0.39 is 0 Å². The number of carbonyl (C=O) groups excluding carboxylic acids is 2. The highest BCUT2D eigenvalue weighted by atomic mass is 19.1. The molecule has 1 aliphatic carbocycles. The summed E-state index contributed by atoms with van der Waals surface area (Å²) in [6.07, 6.45) is 9.28. The van der Waals surface area contributed by atoms with Gasteiger partial charge in [0.2, 0.25) is 11.8 Å². The zero-order valence-electron chi connectivity index (χ0n) is 15.4. The molecule has 2 aliphatic rings. The molecular formula is C21H29FN2O2. The summed E-state index contributed by atoms with van der Waals surface area (Å²) in [7, 11) is 0.